The molecule has 3 nitrogen and oxygen atoms in total. The fraction of sp³-hybridized carbons (Fsp3) is 0.923. The molecule has 3 fully saturated rings. The highest BCUT2D eigenvalue weighted by Crippen LogP contribution is 2.40. The molecule has 0 aliphatic carbocycles. The molecule has 3 heterocycles. The van der Waals surface area contributed by atoms with Gasteiger partial charge in [-0.1, -0.05) is 15.9 Å². The lowest BCUT2D eigenvalue weighted by molar-refractivity contribution is -0.141. The molecule has 3 rings (SSSR count). The largest absolute Gasteiger partial charge is 0.378 e. The van der Waals surface area contributed by atoms with Crippen molar-refractivity contribution in [2.45, 2.75) is 62.0 Å². The number of fused-ring (bicyclic) bond motifs is 2. The van der Waals surface area contributed by atoms with Crippen LogP contribution in [0.15, 0.2) is 0 Å². The summed E-state index contributed by atoms with van der Waals surface area (Å²) in [5.74, 6) is 0.479. The van der Waals surface area contributed by atoms with Gasteiger partial charge in [0.2, 0.25) is 5.91 Å². The number of rotatable bonds is 1. The van der Waals surface area contributed by atoms with E-state index in [0.717, 1.165) is 25.9 Å². The summed E-state index contributed by atoms with van der Waals surface area (Å²) in [6.07, 6.45) is 5.67. The van der Waals surface area contributed by atoms with E-state index in [2.05, 4.69) is 20.8 Å². The standard InChI is InChI=1S/C13H20BrNO2/c1-8-12(4-5-17-8)13(16)15-10-2-3-11(15)7-9(14)6-10/h8-12H,2-7H2,1H3. The van der Waals surface area contributed by atoms with E-state index in [9.17, 15) is 4.79 Å². The van der Waals surface area contributed by atoms with Crippen molar-refractivity contribution in [3.8, 4) is 0 Å². The molecule has 0 aromatic rings. The maximum absolute atomic E-state index is 12.6. The molecular formula is C13H20BrNO2. The third-order valence-corrected chi connectivity index (χ3v) is 5.37. The van der Waals surface area contributed by atoms with E-state index in [4.69, 9.17) is 4.74 Å². The molecule has 4 heteroatoms. The highest BCUT2D eigenvalue weighted by atomic mass is 79.9. The van der Waals surface area contributed by atoms with Crippen molar-refractivity contribution in [2.75, 3.05) is 6.61 Å². The minimum atomic E-state index is 0.114. The summed E-state index contributed by atoms with van der Waals surface area (Å²) in [5, 5.41) is 0. The van der Waals surface area contributed by atoms with Crippen LogP contribution in [0.5, 0.6) is 0 Å². The van der Waals surface area contributed by atoms with Crippen LogP contribution in [0.4, 0.5) is 0 Å². The van der Waals surface area contributed by atoms with Gasteiger partial charge in [0.05, 0.1) is 12.0 Å². The van der Waals surface area contributed by atoms with Gasteiger partial charge in [-0.3, -0.25) is 4.79 Å². The summed E-state index contributed by atoms with van der Waals surface area (Å²) < 4.78 is 5.53. The average molecular weight is 302 g/mol. The molecule has 0 aromatic carbocycles. The molecule has 0 N–H and O–H groups in total. The van der Waals surface area contributed by atoms with Gasteiger partial charge in [0.15, 0.2) is 0 Å². The van der Waals surface area contributed by atoms with Gasteiger partial charge in [0, 0.05) is 23.5 Å². The lowest BCUT2D eigenvalue weighted by atomic mass is 9.96. The van der Waals surface area contributed by atoms with Crippen LogP contribution in [-0.4, -0.2) is 40.4 Å². The van der Waals surface area contributed by atoms with Crippen LogP contribution < -0.4 is 0 Å². The molecule has 17 heavy (non-hydrogen) atoms. The van der Waals surface area contributed by atoms with E-state index >= 15 is 0 Å². The zero-order valence-electron chi connectivity index (χ0n) is 10.3. The van der Waals surface area contributed by atoms with Crippen LogP contribution in [0.25, 0.3) is 0 Å². The van der Waals surface area contributed by atoms with Gasteiger partial charge in [0.25, 0.3) is 0 Å². The predicted molar refractivity (Wildman–Crippen MR) is 69.1 cm³/mol. The van der Waals surface area contributed by atoms with E-state index in [0.29, 0.717) is 22.8 Å². The number of amides is 1. The Kier molecular flexibility index (Phi) is 3.20. The lowest BCUT2D eigenvalue weighted by Crippen LogP contribution is -2.50. The molecule has 4 atom stereocenters. The summed E-state index contributed by atoms with van der Waals surface area (Å²) in [5.41, 5.74) is 0. The van der Waals surface area contributed by atoms with Gasteiger partial charge in [0.1, 0.15) is 0 Å². The van der Waals surface area contributed by atoms with Crippen LogP contribution in [-0.2, 0) is 9.53 Å². The molecule has 3 aliphatic rings. The summed E-state index contributed by atoms with van der Waals surface area (Å²) in [4.78, 5) is 15.4. The number of carbonyl (C=O) groups is 1. The molecule has 4 unspecified atom stereocenters. The van der Waals surface area contributed by atoms with Crippen LogP contribution in [0.1, 0.15) is 39.0 Å². The summed E-state index contributed by atoms with van der Waals surface area (Å²) in [7, 11) is 0. The van der Waals surface area contributed by atoms with Crippen molar-refractivity contribution in [3.63, 3.8) is 0 Å². The third-order valence-electron chi connectivity index (χ3n) is 4.62. The topological polar surface area (TPSA) is 29.5 Å². The fourth-order valence-electron chi connectivity index (χ4n) is 3.72. The van der Waals surface area contributed by atoms with E-state index < -0.39 is 0 Å². The Morgan fingerprint density at radius 2 is 1.88 bits per heavy atom. The Labute approximate surface area is 111 Å². The molecule has 3 saturated heterocycles. The molecule has 1 amide bonds. The van der Waals surface area contributed by atoms with E-state index in [-0.39, 0.29) is 12.0 Å². The SMILES string of the molecule is CC1OCCC1C(=O)N1C2CCC1CC(Br)C2. The molecule has 2 bridgehead atoms. The predicted octanol–water partition coefficient (Wildman–Crippen LogP) is 2.33. The van der Waals surface area contributed by atoms with Crippen molar-refractivity contribution in [1.82, 2.24) is 4.90 Å². The molecule has 0 radical (unpaired) electrons. The minimum Gasteiger partial charge on any atom is -0.378 e. The molecule has 96 valence electrons. The average Bonchev–Trinajstić information content (AvgIpc) is 2.81. The number of nitrogens with zero attached hydrogens (tertiary/aromatic N) is 1. The first-order chi connectivity index (χ1) is 8.16. The molecule has 0 aromatic heterocycles. The second kappa shape index (κ2) is 4.54. The number of ether oxygens (including phenoxy) is 1. The Balaban J connectivity index is 1.74. The number of piperidine rings is 1. The number of hydrogen-bond acceptors (Lipinski definition) is 2. The molecule has 0 spiro atoms. The Hall–Kier alpha value is -0.0900. The second-order valence-electron chi connectivity index (χ2n) is 5.67. The number of hydrogen-bond donors (Lipinski definition) is 0. The van der Waals surface area contributed by atoms with Crippen molar-refractivity contribution in [1.29, 1.82) is 0 Å². The molecule has 0 saturated carbocycles. The summed E-state index contributed by atoms with van der Waals surface area (Å²) in [6.45, 7) is 2.79. The van der Waals surface area contributed by atoms with Crippen LogP contribution >= 0.6 is 15.9 Å². The normalized spacial score (nSPS) is 45.3. The monoisotopic (exact) mass is 301 g/mol. The van der Waals surface area contributed by atoms with Gasteiger partial charge in [-0.05, 0) is 39.0 Å². The Bertz CT molecular complexity index is 309. The van der Waals surface area contributed by atoms with Crippen molar-refractivity contribution in [3.05, 3.63) is 0 Å². The molecule has 3 aliphatic heterocycles. The van der Waals surface area contributed by atoms with Gasteiger partial charge in [-0.2, -0.15) is 0 Å². The first kappa shape index (κ1) is 12.0. The Morgan fingerprint density at radius 3 is 2.41 bits per heavy atom. The quantitative estimate of drug-likeness (QED) is 0.696. The van der Waals surface area contributed by atoms with Gasteiger partial charge >= 0.3 is 0 Å². The first-order valence-electron chi connectivity index (χ1n) is 6.74. The maximum Gasteiger partial charge on any atom is 0.228 e. The Morgan fingerprint density at radius 1 is 1.24 bits per heavy atom. The van der Waals surface area contributed by atoms with E-state index in [1.807, 2.05) is 6.92 Å². The first-order valence-corrected chi connectivity index (χ1v) is 7.66. The molecular weight excluding hydrogens is 282 g/mol. The van der Waals surface area contributed by atoms with Crippen LogP contribution in [0.3, 0.4) is 0 Å². The fourth-order valence-corrected chi connectivity index (χ4v) is 4.58. The van der Waals surface area contributed by atoms with E-state index in [1.165, 1.54) is 12.8 Å². The van der Waals surface area contributed by atoms with Crippen LogP contribution in [0.2, 0.25) is 0 Å². The highest BCUT2D eigenvalue weighted by Gasteiger charge is 2.46. The van der Waals surface area contributed by atoms with Gasteiger partial charge in [-0.25, -0.2) is 0 Å². The zero-order chi connectivity index (χ0) is 12.0. The minimum absolute atomic E-state index is 0.114. The summed E-state index contributed by atoms with van der Waals surface area (Å²) >= 11 is 3.72. The van der Waals surface area contributed by atoms with Crippen molar-refractivity contribution >= 4 is 21.8 Å². The van der Waals surface area contributed by atoms with Crippen LogP contribution in [0, 0.1) is 5.92 Å². The number of alkyl halides is 1. The number of carbonyl (C=O) groups excluding carboxylic acids is 1. The van der Waals surface area contributed by atoms with E-state index in [1.54, 1.807) is 0 Å². The summed E-state index contributed by atoms with van der Waals surface area (Å²) in [6, 6.07) is 0.969. The third kappa shape index (κ3) is 2.03. The lowest BCUT2D eigenvalue weighted by Gasteiger charge is -2.39. The van der Waals surface area contributed by atoms with Crippen molar-refractivity contribution in [2.24, 2.45) is 5.92 Å². The van der Waals surface area contributed by atoms with Gasteiger partial charge in [-0.15, -0.1) is 0 Å². The highest BCUT2D eigenvalue weighted by molar-refractivity contribution is 9.09. The maximum atomic E-state index is 12.6. The smallest absolute Gasteiger partial charge is 0.228 e. The van der Waals surface area contributed by atoms with Gasteiger partial charge < -0.3 is 9.64 Å². The number of halogens is 1. The zero-order valence-corrected chi connectivity index (χ0v) is 11.9. The van der Waals surface area contributed by atoms with Crippen molar-refractivity contribution < 1.29 is 9.53 Å². The second-order valence-corrected chi connectivity index (χ2v) is 6.97.